The van der Waals surface area contributed by atoms with Crippen molar-refractivity contribution in [2.24, 2.45) is 5.73 Å². The first kappa shape index (κ1) is 19.6. The second-order valence-corrected chi connectivity index (χ2v) is 8.37. The van der Waals surface area contributed by atoms with E-state index >= 15 is 0 Å². The molecule has 2 fully saturated rings. The highest BCUT2D eigenvalue weighted by molar-refractivity contribution is 6.09. The predicted octanol–water partition coefficient (Wildman–Crippen LogP) is 2.28. The molecule has 0 bridgehead atoms. The van der Waals surface area contributed by atoms with Gasteiger partial charge in [-0.05, 0) is 50.1 Å². The number of rotatable bonds is 5. The average Bonchev–Trinajstić information content (AvgIpc) is 3.54. The smallest absolute Gasteiger partial charge is 0.257 e. The number of carbonyl (C=O) groups is 2. The fourth-order valence-electron chi connectivity index (χ4n) is 4.27. The molecule has 3 N–H and O–H groups in total. The van der Waals surface area contributed by atoms with Crippen LogP contribution in [0.15, 0.2) is 42.7 Å². The maximum atomic E-state index is 12.8. The van der Waals surface area contributed by atoms with E-state index in [1.807, 2.05) is 23.6 Å². The minimum Gasteiger partial charge on any atom is -0.369 e. The molecule has 1 aliphatic carbocycles. The number of pyridine rings is 1. The van der Waals surface area contributed by atoms with Crippen molar-refractivity contribution in [3.8, 4) is 0 Å². The highest BCUT2D eigenvalue weighted by atomic mass is 16.2. The number of nitrogens with two attached hydrogens (primary N) is 1. The second-order valence-electron chi connectivity index (χ2n) is 8.37. The SMILES string of the molecule is Cc1cn2cc(C(=O)Nc3ccc(N4CCN(C5CC5)CC4)cc3C(N)=O)ccc2n1. The number of amides is 2. The third-order valence-corrected chi connectivity index (χ3v) is 6.09. The van der Waals surface area contributed by atoms with Crippen LogP contribution in [0.1, 0.15) is 39.3 Å². The standard InChI is InChI=1S/C23H26N6O2/c1-15-13-29-14-16(2-7-21(29)25-15)23(31)26-20-6-5-18(12-19(20)22(24)30)28-10-8-27(9-11-28)17-3-4-17/h2,5-7,12-14,17H,3-4,8-11H2,1H3,(H2,24,30)(H,26,31). The van der Waals surface area contributed by atoms with Crippen molar-refractivity contribution >= 4 is 28.8 Å². The van der Waals surface area contributed by atoms with Gasteiger partial charge in [0.1, 0.15) is 5.65 Å². The Morgan fingerprint density at radius 1 is 1.06 bits per heavy atom. The Hall–Kier alpha value is -3.39. The van der Waals surface area contributed by atoms with E-state index in [1.165, 1.54) is 12.8 Å². The number of nitrogens with zero attached hydrogens (tertiary/aromatic N) is 4. The molecule has 3 aromatic rings. The molecule has 3 heterocycles. The number of aromatic nitrogens is 2. The van der Waals surface area contributed by atoms with Crippen molar-refractivity contribution in [1.82, 2.24) is 14.3 Å². The molecule has 2 amide bonds. The van der Waals surface area contributed by atoms with E-state index in [0.29, 0.717) is 16.8 Å². The van der Waals surface area contributed by atoms with Gasteiger partial charge in [-0.15, -0.1) is 0 Å². The van der Waals surface area contributed by atoms with E-state index in [2.05, 4.69) is 20.1 Å². The molecule has 0 unspecified atom stereocenters. The van der Waals surface area contributed by atoms with Gasteiger partial charge in [-0.2, -0.15) is 0 Å². The summed E-state index contributed by atoms with van der Waals surface area (Å²) in [6.07, 6.45) is 6.21. The highest BCUT2D eigenvalue weighted by Crippen LogP contribution is 2.29. The topological polar surface area (TPSA) is 96.0 Å². The third kappa shape index (κ3) is 3.98. The lowest BCUT2D eigenvalue weighted by molar-refractivity contribution is 0.100. The van der Waals surface area contributed by atoms with Crippen LogP contribution in [-0.4, -0.2) is 58.3 Å². The first-order valence-corrected chi connectivity index (χ1v) is 10.7. The number of fused-ring (bicyclic) bond motifs is 1. The lowest BCUT2D eigenvalue weighted by Gasteiger charge is -2.36. The van der Waals surface area contributed by atoms with Crippen molar-refractivity contribution in [2.75, 3.05) is 36.4 Å². The van der Waals surface area contributed by atoms with Crippen molar-refractivity contribution in [2.45, 2.75) is 25.8 Å². The molecule has 5 rings (SSSR count). The molecule has 8 heteroatoms. The molecule has 0 spiro atoms. The minimum absolute atomic E-state index is 0.304. The molecular formula is C23H26N6O2. The van der Waals surface area contributed by atoms with Crippen molar-refractivity contribution in [3.05, 3.63) is 59.5 Å². The summed E-state index contributed by atoms with van der Waals surface area (Å²) in [5.74, 6) is -0.865. The maximum absolute atomic E-state index is 12.8. The molecule has 160 valence electrons. The number of imidazole rings is 1. The number of aryl methyl sites for hydroxylation is 1. The first-order chi connectivity index (χ1) is 15.0. The minimum atomic E-state index is -0.561. The van der Waals surface area contributed by atoms with Crippen LogP contribution in [0.5, 0.6) is 0 Å². The van der Waals surface area contributed by atoms with Crippen LogP contribution in [0.2, 0.25) is 0 Å². The van der Waals surface area contributed by atoms with Gasteiger partial charge in [-0.3, -0.25) is 14.5 Å². The molecule has 1 aromatic carbocycles. The van der Waals surface area contributed by atoms with Crippen LogP contribution < -0.4 is 16.0 Å². The van der Waals surface area contributed by atoms with Gasteiger partial charge in [0.2, 0.25) is 0 Å². The number of carbonyl (C=O) groups excluding carboxylic acids is 2. The number of piperazine rings is 1. The molecule has 0 radical (unpaired) electrons. The molecule has 1 saturated heterocycles. The van der Waals surface area contributed by atoms with E-state index in [0.717, 1.165) is 49.2 Å². The van der Waals surface area contributed by atoms with Gasteiger partial charge in [-0.1, -0.05) is 0 Å². The third-order valence-electron chi connectivity index (χ3n) is 6.09. The number of nitrogens with one attached hydrogen (secondary N) is 1. The summed E-state index contributed by atoms with van der Waals surface area (Å²) in [6.45, 7) is 5.81. The quantitative estimate of drug-likeness (QED) is 0.663. The number of benzene rings is 1. The van der Waals surface area contributed by atoms with E-state index in [4.69, 9.17) is 5.73 Å². The van der Waals surface area contributed by atoms with E-state index < -0.39 is 5.91 Å². The van der Waals surface area contributed by atoms with Crippen molar-refractivity contribution in [1.29, 1.82) is 0 Å². The lowest BCUT2D eigenvalue weighted by Crippen LogP contribution is -2.47. The zero-order valence-corrected chi connectivity index (χ0v) is 17.5. The molecule has 2 aliphatic rings. The molecule has 8 nitrogen and oxygen atoms in total. The van der Waals surface area contributed by atoms with Crippen LogP contribution in [0.3, 0.4) is 0 Å². The summed E-state index contributed by atoms with van der Waals surface area (Å²) >= 11 is 0. The van der Waals surface area contributed by atoms with Crippen LogP contribution >= 0.6 is 0 Å². The van der Waals surface area contributed by atoms with Gasteiger partial charge in [-0.25, -0.2) is 4.98 Å². The van der Waals surface area contributed by atoms with E-state index in [9.17, 15) is 9.59 Å². The molecule has 0 atom stereocenters. The summed E-state index contributed by atoms with van der Waals surface area (Å²) in [5.41, 5.74) is 9.46. The van der Waals surface area contributed by atoms with E-state index in [1.54, 1.807) is 30.5 Å². The molecule has 31 heavy (non-hydrogen) atoms. The Kier molecular flexibility index (Phi) is 4.86. The maximum Gasteiger partial charge on any atom is 0.257 e. The Morgan fingerprint density at radius 2 is 1.84 bits per heavy atom. The van der Waals surface area contributed by atoms with Gasteiger partial charge in [0.05, 0.1) is 22.5 Å². The van der Waals surface area contributed by atoms with Gasteiger partial charge in [0, 0.05) is 50.3 Å². The van der Waals surface area contributed by atoms with Crippen LogP contribution in [-0.2, 0) is 0 Å². The van der Waals surface area contributed by atoms with Crippen molar-refractivity contribution in [3.63, 3.8) is 0 Å². The fourth-order valence-corrected chi connectivity index (χ4v) is 4.27. The van der Waals surface area contributed by atoms with Crippen molar-refractivity contribution < 1.29 is 9.59 Å². The largest absolute Gasteiger partial charge is 0.369 e. The van der Waals surface area contributed by atoms with Crippen LogP contribution in [0.4, 0.5) is 11.4 Å². The summed E-state index contributed by atoms with van der Waals surface area (Å²) in [6, 6.07) is 9.77. The Labute approximate surface area is 180 Å². The van der Waals surface area contributed by atoms with Crippen LogP contribution in [0, 0.1) is 6.92 Å². The number of primary amides is 1. The predicted molar refractivity (Wildman–Crippen MR) is 120 cm³/mol. The van der Waals surface area contributed by atoms with Gasteiger partial charge >= 0.3 is 0 Å². The van der Waals surface area contributed by atoms with Gasteiger partial charge < -0.3 is 20.4 Å². The normalized spacial score (nSPS) is 17.1. The number of anilines is 2. The van der Waals surface area contributed by atoms with E-state index in [-0.39, 0.29) is 5.91 Å². The van der Waals surface area contributed by atoms with Gasteiger partial charge in [0.25, 0.3) is 11.8 Å². The summed E-state index contributed by atoms with van der Waals surface area (Å²) in [5, 5.41) is 2.84. The Morgan fingerprint density at radius 3 is 2.55 bits per heavy atom. The van der Waals surface area contributed by atoms with Crippen LogP contribution in [0.25, 0.3) is 5.65 Å². The molecule has 1 aliphatic heterocycles. The number of hydrogen-bond donors (Lipinski definition) is 2. The summed E-state index contributed by atoms with van der Waals surface area (Å²) in [4.78, 5) is 34.1. The Balaban J connectivity index is 1.34. The molecular weight excluding hydrogens is 392 g/mol. The second kappa shape index (κ2) is 7.70. The Bertz CT molecular complexity index is 1160. The lowest BCUT2D eigenvalue weighted by atomic mass is 10.1. The average molecular weight is 419 g/mol. The summed E-state index contributed by atoms with van der Waals surface area (Å²) < 4.78 is 1.81. The number of hydrogen-bond acceptors (Lipinski definition) is 5. The molecule has 1 saturated carbocycles. The highest BCUT2D eigenvalue weighted by Gasteiger charge is 2.31. The zero-order valence-electron chi connectivity index (χ0n) is 17.5. The first-order valence-electron chi connectivity index (χ1n) is 10.7. The monoisotopic (exact) mass is 418 g/mol. The summed E-state index contributed by atoms with van der Waals surface area (Å²) in [7, 11) is 0. The van der Waals surface area contributed by atoms with Gasteiger partial charge in [0.15, 0.2) is 0 Å². The fraction of sp³-hybridized carbons (Fsp3) is 0.348. The molecule has 2 aromatic heterocycles. The zero-order chi connectivity index (χ0) is 21.5.